The SMILES string of the molecule is CC1(CC(OS(=O)(=O)C(F)(F)C(=O)Nc2ccccc2)C(F)F)OCCCO1. The van der Waals surface area contributed by atoms with Crippen LogP contribution < -0.4 is 5.32 Å². The molecule has 1 aliphatic heterocycles. The zero-order valence-electron chi connectivity index (χ0n) is 14.7. The number of rotatable bonds is 8. The predicted molar refractivity (Wildman–Crippen MR) is 89.4 cm³/mol. The number of carbonyl (C=O) groups excluding carboxylic acids is 1. The molecule has 1 atom stereocenters. The summed E-state index contributed by atoms with van der Waals surface area (Å²) in [5, 5.41) is -3.41. The Hall–Kier alpha value is -1.76. The summed E-state index contributed by atoms with van der Waals surface area (Å²) in [5.74, 6) is -3.86. The molecule has 0 saturated carbocycles. The van der Waals surface area contributed by atoms with Gasteiger partial charge in [-0.15, -0.1) is 0 Å². The van der Waals surface area contributed by atoms with Gasteiger partial charge < -0.3 is 14.8 Å². The van der Waals surface area contributed by atoms with E-state index in [4.69, 9.17) is 9.47 Å². The minimum atomic E-state index is -6.04. The number of amides is 1. The number of benzene rings is 1. The van der Waals surface area contributed by atoms with E-state index in [0.29, 0.717) is 6.42 Å². The van der Waals surface area contributed by atoms with E-state index >= 15 is 0 Å². The fraction of sp³-hybridized carbons (Fsp3) is 0.562. The Kier molecular flexibility index (Phi) is 7.02. The Labute approximate surface area is 159 Å². The lowest BCUT2D eigenvalue weighted by atomic mass is 10.1. The summed E-state index contributed by atoms with van der Waals surface area (Å²) in [4.78, 5) is 11.7. The standard InChI is InChI=1S/C16H19F4NO6S/c1-15(25-8-5-9-26-15)10-12(13(17)18)27-28(23,24)16(19,20)14(22)21-11-6-3-2-4-7-11/h2-4,6-7,12-13H,5,8-10H2,1H3,(H,21,22). The highest BCUT2D eigenvalue weighted by Crippen LogP contribution is 2.32. The van der Waals surface area contributed by atoms with Crippen LogP contribution in [0, 0.1) is 0 Å². The van der Waals surface area contributed by atoms with Crippen molar-refractivity contribution in [2.24, 2.45) is 0 Å². The molecule has 1 aromatic rings. The first-order valence-corrected chi connectivity index (χ1v) is 9.61. The van der Waals surface area contributed by atoms with Crippen molar-refractivity contribution in [2.75, 3.05) is 18.5 Å². The van der Waals surface area contributed by atoms with Crippen LogP contribution in [0.2, 0.25) is 0 Å². The molecule has 12 heteroatoms. The third-order valence-electron chi connectivity index (χ3n) is 3.82. The van der Waals surface area contributed by atoms with Crippen LogP contribution in [0.4, 0.5) is 23.2 Å². The van der Waals surface area contributed by atoms with E-state index in [1.807, 2.05) is 0 Å². The molecule has 2 rings (SSSR count). The number of alkyl halides is 4. The second kappa shape index (κ2) is 8.72. The van der Waals surface area contributed by atoms with Gasteiger partial charge >= 0.3 is 21.3 Å². The molecule has 1 N–H and O–H groups in total. The van der Waals surface area contributed by atoms with E-state index in [-0.39, 0.29) is 18.9 Å². The Bertz CT molecular complexity index is 769. The molecule has 1 heterocycles. The molecule has 1 amide bonds. The van der Waals surface area contributed by atoms with Gasteiger partial charge in [-0.2, -0.15) is 17.2 Å². The lowest BCUT2D eigenvalue weighted by Crippen LogP contribution is -2.48. The Morgan fingerprint density at radius 3 is 2.36 bits per heavy atom. The molecule has 158 valence electrons. The van der Waals surface area contributed by atoms with Gasteiger partial charge in [0.15, 0.2) is 5.79 Å². The third-order valence-corrected chi connectivity index (χ3v) is 5.13. The van der Waals surface area contributed by atoms with Crippen molar-refractivity contribution in [3.63, 3.8) is 0 Å². The highest BCUT2D eigenvalue weighted by Gasteiger charge is 2.56. The largest absolute Gasteiger partial charge is 0.447 e. The maximum absolute atomic E-state index is 14.1. The van der Waals surface area contributed by atoms with Crippen molar-refractivity contribution in [2.45, 2.75) is 43.3 Å². The molecule has 1 saturated heterocycles. The fourth-order valence-electron chi connectivity index (χ4n) is 2.39. The lowest BCUT2D eigenvalue weighted by Gasteiger charge is -2.36. The number of anilines is 1. The molecule has 1 unspecified atom stereocenters. The predicted octanol–water partition coefficient (Wildman–Crippen LogP) is 2.74. The van der Waals surface area contributed by atoms with E-state index in [2.05, 4.69) is 4.18 Å². The van der Waals surface area contributed by atoms with E-state index < -0.39 is 46.0 Å². The van der Waals surface area contributed by atoms with E-state index in [0.717, 1.165) is 0 Å². The number of carbonyl (C=O) groups is 1. The smallest absolute Gasteiger partial charge is 0.350 e. The first-order chi connectivity index (χ1) is 13.0. The summed E-state index contributed by atoms with van der Waals surface area (Å²) in [6, 6.07) is 6.84. The quantitative estimate of drug-likeness (QED) is 0.505. The van der Waals surface area contributed by atoms with Crippen LogP contribution in [0.1, 0.15) is 19.8 Å². The number of halogens is 4. The molecule has 0 aromatic heterocycles. The Morgan fingerprint density at radius 1 is 1.25 bits per heavy atom. The highest BCUT2D eigenvalue weighted by atomic mass is 32.2. The first-order valence-electron chi connectivity index (χ1n) is 8.20. The van der Waals surface area contributed by atoms with Crippen molar-refractivity contribution >= 4 is 21.7 Å². The molecule has 0 bridgehead atoms. The van der Waals surface area contributed by atoms with Crippen molar-refractivity contribution in [1.82, 2.24) is 0 Å². The van der Waals surface area contributed by atoms with Crippen molar-refractivity contribution in [3.8, 4) is 0 Å². The maximum Gasteiger partial charge on any atom is 0.447 e. The number of para-hydroxylation sites is 1. The zero-order valence-corrected chi connectivity index (χ0v) is 15.6. The summed E-state index contributed by atoms with van der Waals surface area (Å²) in [6.07, 6.45) is -6.29. The molecule has 1 aromatic carbocycles. The molecule has 1 aliphatic rings. The minimum absolute atomic E-state index is 0.107. The van der Waals surface area contributed by atoms with Gasteiger partial charge in [0.2, 0.25) is 0 Å². The first kappa shape index (κ1) is 22.5. The van der Waals surface area contributed by atoms with Gasteiger partial charge in [-0.25, -0.2) is 8.78 Å². The van der Waals surface area contributed by atoms with E-state index in [1.54, 1.807) is 5.32 Å². The number of ether oxygens (including phenoxy) is 2. The maximum atomic E-state index is 14.1. The summed E-state index contributed by atoms with van der Waals surface area (Å²) >= 11 is 0. The Balaban J connectivity index is 2.14. The molecule has 0 radical (unpaired) electrons. The summed E-state index contributed by atoms with van der Waals surface area (Å²) in [5.41, 5.74) is -0.107. The highest BCUT2D eigenvalue weighted by molar-refractivity contribution is 7.88. The topological polar surface area (TPSA) is 90.9 Å². The third kappa shape index (κ3) is 5.40. The molecule has 0 spiro atoms. The molecular weight excluding hydrogens is 410 g/mol. The van der Waals surface area contributed by atoms with Crippen molar-refractivity contribution in [1.29, 1.82) is 0 Å². The number of hydrogen-bond donors (Lipinski definition) is 1. The average molecular weight is 429 g/mol. The van der Waals surface area contributed by atoms with E-state index in [1.165, 1.54) is 37.3 Å². The van der Waals surface area contributed by atoms with Gasteiger partial charge in [0.1, 0.15) is 6.10 Å². The van der Waals surface area contributed by atoms with Crippen molar-refractivity contribution < 1.29 is 44.4 Å². The normalized spacial score (nSPS) is 18.6. The monoisotopic (exact) mass is 429 g/mol. The number of nitrogens with one attached hydrogen (secondary N) is 1. The summed E-state index contributed by atoms with van der Waals surface area (Å²) < 4.78 is 93.0. The van der Waals surface area contributed by atoms with Gasteiger partial charge in [-0.1, -0.05) is 18.2 Å². The van der Waals surface area contributed by atoms with Crippen LogP contribution in [-0.2, 0) is 28.6 Å². The fourth-order valence-corrected chi connectivity index (χ4v) is 3.26. The van der Waals surface area contributed by atoms with Gasteiger partial charge in [0.05, 0.1) is 13.2 Å². The number of hydrogen-bond acceptors (Lipinski definition) is 6. The molecule has 28 heavy (non-hydrogen) atoms. The zero-order chi connectivity index (χ0) is 21.0. The van der Waals surface area contributed by atoms with Gasteiger partial charge in [0, 0.05) is 12.1 Å². The van der Waals surface area contributed by atoms with Crippen LogP contribution in [0.5, 0.6) is 0 Å². The second-order valence-corrected chi connectivity index (χ2v) is 7.76. The van der Waals surface area contributed by atoms with Gasteiger partial charge in [0.25, 0.3) is 6.43 Å². The summed E-state index contributed by atoms with van der Waals surface area (Å²) in [6.45, 7) is 1.58. The Morgan fingerprint density at radius 2 is 1.82 bits per heavy atom. The molecule has 0 aliphatic carbocycles. The average Bonchev–Trinajstić information content (AvgIpc) is 2.62. The van der Waals surface area contributed by atoms with Crippen LogP contribution in [0.15, 0.2) is 30.3 Å². The lowest BCUT2D eigenvalue weighted by molar-refractivity contribution is -0.270. The van der Waals surface area contributed by atoms with Crippen LogP contribution in [0.3, 0.4) is 0 Å². The minimum Gasteiger partial charge on any atom is -0.350 e. The van der Waals surface area contributed by atoms with Crippen LogP contribution in [0.25, 0.3) is 0 Å². The molecule has 1 fully saturated rings. The summed E-state index contributed by atoms with van der Waals surface area (Å²) in [7, 11) is -6.04. The van der Waals surface area contributed by atoms with Crippen LogP contribution in [-0.4, -0.2) is 51.1 Å². The second-order valence-electron chi connectivity index (χ2n) is 6.15. The molecule has 7 nitrogen and oxygen atoms in total. The van der Waals surface area contributed by atoms with Crippen LogP contribution >= 0.6 is 0 Å². The van der Waals surface area contributed by atoms with Gasteiger partial charge in [-0.05, 0) is 25.5 Å². The molecular formula is C16H19F4NO6S. The van der Waals surface area contributed by atoms with Crippen molar-refractivity contribution in [3.05, 3.63) is 30.3 Å². The van der Waals surface area contributed by atoms with E-state index in [9.17, 15) is 30.8 Å². The van der Waals surface area contributed by atoms with Gasteiger partial charge in [-0.3, -0.25) is 8.98 Å².